The Morgan fingerprint density at radius 1 is 1.36 bits per heavy atom. The molecule has 1 aliphatic heterocycles. The van der Waals surface area contributed by atoms with Gasteiger partial charge >= 0.3 is 0 Å². The summed E-state index contributed by atoms with van der Waals surface area (Å²) in [7, 11) is 0. The summed E-state index contributed by atoms with van der Waals surface area (Å²) in [4.78, 5) is 27.5. The van der Waals surface area contributed by atoms with Gasteiger partial charge in [0.15, 0.2) is 0 Å². The van der Waals surface area contributed by atoms with Crippen LogP contribution in [0.15, 0.2) is 42.2 Å². The second-order valence-electron chi connectivity index (χ2n) is 5.94. The topological polar surface area (TPSA) is 68.2 Å². The van der Waals surface area contributed by atoms with Crippen molar-refractivity contribution in [3.63, 3.8) is 0 Å². The van der Waals surface area contributed by atoms with Crippen molar-refractivity contribution in [1.82, 2.24) is 15.0 Å². The first-order valence-corrected chi connectivity index (χ1v) is 8.81. The molecule has 0 aliphatic carbocycles. The molecule has 7 heteroatoms. The first kappa shape index (κ1) is 15.7. The predicted molar refractivity (Wildman–Crippen MR) is 96.1 cm³/mol. The largest absolute Gasteiger partial charge is 0.487 e. The average Bonchev–Trinajstić information content (AvgIpc) is 3.12. The molecule has 1 aromatic carbocycles. The lowest BCUT2D eigenvalue weighted by Crippen LogP contribution is -2.42. The predicted octanol–water partition coefficient (Wildman–Crippen LogP) is 3.34. The molecule has 0 unspecified atom stereocenters. The molecule has 4 rings (SSSR count). The molecule has 25 heavy (non-hydrogen) atoms. The third-order valence-corrected chi connectivity index (χ3v) is 4.79. The zero-order chi connectivity index (χ0) is 17.4. The summed E-state index contributed by atoms with van der Waals surface area (Å²) in [5, 5.41) is 2.45. The van der Waals surface area contributed by atoms with Gasteiger partial charge in [0.25, 0.3) is 5.91 Å². The molecule has 1 amide bonds. The van der Waals surface area contributed by atoms with Crippen molar-refractivity contribution in [3.05, 3.63) is 53.4 Å². The highest BCUT2D eigenvalue weighted by Crippen LogP contribution is 2.35. The van der Waals surface area contributed by atoms with Gasteiger partial charge in [-0.2, -0.15) is 0 Å². The van der Waals surface area contributed by atoms with Gasteiger partial charge in [0.2, 0.25) is 0 Å². The lowest BCUT2D eigenvalue weighted by molar-refractivity contribution is 0.0957. The van der Waals surface area contributed by atoms with Crippen LogP contribution in [-0.2, 0) is 0 Å². The smallest absolute Gasteiger partial charge is 0.278 e. The number of hydrogen-bond acceptors (Lipinski definition) is 6. The Bertz CT molecular complexity index is 926. The molecule has 1 atom stereocenters. The molecule has 0 saturated carbocycles. The van der Waals surface area contributed by atoms with E-state index < -0.39 is 0 Å². The minimum absolute atomic E-state index is 0.0720. The van der Waals surface area contributed by atoms with Crippen LogP contribution in [0.25, 0.3) is 10.7 Å². The Kier molecular flexibility index (Phi) is 3.93. The van der Waals surface area contributed by atoms with E-state index in [2.05, 4.69) is 15.0 Å². The number of thiazole rings is 1. The standard InChI is InChI=1S/C18H16N4O2S/c1-11-3-4-16-15(7-11)22(9-12(2)24-16)18(23)14-10-25-17(21-14)13-8-19-5-6-20-13/h3-8,10,12H,9H2,1-2H3/t12-/m1/s1. The fourth-order valence-electron chi connectivity index (χ4n) is 2.78. The summed E-state index contributed by atoms with van der Waals surface area (Å²) < 4.78 is 5.85. The number of amides is 1. The summed E-state index contributed by atoms with van der Waals surface area (Å²) in [6.07, 6.45) is 4.79. The molecule has 0 N–H and O–H groups in total. The van der Waals surface area contributed by atoms with Gasteiger partial charge in [-0.25, -0.2) is 4.98 Å². The number of aromatic nitrogens is 3. The number of aryl methyl sites for hydroxylation is 1. The van der Waals surface area contributed by atoms with Gasteiger partial charge in [-0.15, -0.1) is 11.3 Å². The van der Waals surface area contributed by atoms with Gasteiger partial charge in [-0.05, 0) is 31.5 Å². The van der Waals surface area contributed by atoms with Crippen LogP contribution in [0.2, 0.25) is 0 Å². The Hall–Kier alpha value is -2.80. The molecule has 6 nitrogen and oxygen atoms in total. The SMILES string of the molecule is Cc1ccc2c(c1)N(C(=O)c1csc(-c3cnccn3)n1)C[C@@H](C)O2. The van der Waals surface area contributed by atoms with Crippen molar-refractivity contribution < 1.29 is 9.53 Å². The Morgan fingerprint density at radius 3 is 3.04 bits per heavy atom. The molecular formula is C18H16N4O2S. The minimum atomic E-state index is -0.131. The molecular weight excluding hydrogens is 336 g/mol. The van der Waals surface area contributed by atoms with Crippen LogP contribution < -0.4 is 9.64 Å². The van der Waals surface area contributed by atoms with Crippen molar-refractivity contribution in [2.24, 2.45) is 0 Å². The number of fused-ring (bicyclic) bond motifs is 1. The van der Waals surface area contributed by atoms with Crippen LogP contribution in [0.3, 0.4) is 0 Å². The molecule has 126 valence electrons. The van der Waals surface area contributed by atoms with E-state index in [0.717, 1.165) is 17.0 Å². The number of ether oxygens (including phenoxy) is 1. The summed E-state index contributed by atoms with van der Waals surface area (Å²) in [6.45, 7) is 4.44. The van der Waals surface area contributed by atoms with Crippen molar-refractivity contribution in [2.75, 3.05) is 11.4 Å². The molecule has 3 aromatic rings. The van der Waals surface area contributed by atoms with Crippen LogP contribution in [-0.4, -0.2) is 33.5 Å². The lowest BCUT2D eigenvalue weighted by Gasteiger charge is -2.33. The summed E-state index contributed by atoms with van der Waals surface area (Å²) >= 11 is 1.39. The number of benzene rings is 1. The lowest BCUT2D eigenvalue weighted by atomic mass is 10.1. The molecule has 0 bridgehead atoms. The van der Waals surface area contributed by atoms with Crippen molar-refractivity contribution in [1.29, 1.82) is 0 Å². The number of nitrogens with zero attached hydrogens (tertiary/aromatic N) is 4. The van der Waals surface area contributed by atoms with Crippen LogP contribution in [0.5, 0.6) is 5.75 Å². The first-order valence-electron chi connectivity index (χ1n) is 7.93. The molecule has 1 aliphatic rings. The Labute approximate surface area is 149 Å². The number of carbonyl (C=O) groups is 1. The van der Waals surface area contributed by atoms with E-state index >= 15 is 0 Å². The maximum absolute atomic E-state index is 13.0. The second-order valence-corrected chi connectivity index (χ2v) is 6.80. The quantitative estimate of drug-likeness (QED) is 0.707. The van der Waals surface area contributed by atoms with E-state index in [0.29, 0.717) is 22.9 Å². The maximum Gasteiger partial charge on any atom is 0.278 e. The fraction of sp³-hybridized carbons (Fsp3) is 0.222. The van der Waals surface area contributed by atoms with Crippen molar-refractivity contribution >= 4 is 22.9 Å². The van der Waals surface area contributed by atoms with Crippen LogP contribution >= 0.6 is 11.3 Å². The van der Waals surface area contributed by atoms with Crippen LogP contribution in [0.4, 0.5) is 5.69 Å². The van der Waals surface area contributed by atoms with Gasteiger partial charge < -0.3 is 4.74 Å². The zero-order valence-corrected chi connectivity index (χ0v) is 14.7. The monoisotopic (exact) mass is 352 g/mol. The van der Waals surface area contributed by atoms with Gasteiger partial charge in [-0.3, -0.25) is 19.7 Å². The molecule has 0 spiro atoms. The van der Waals surface area contributed by atoms with E-state index in [9.17, 15) is 4.79 Å². The van der Waals surface area contributed by atoms with Gasteiger partial charge in [-0.1, -0.05) is 6.07 Å². The van der Waals surface area contributed by atoms with Gasteiger partial charge in [0, 0.05) is 17.8 Å². The summed E-state index contributed by atoms with van der Waals surface area (Å²) in [5.41, 5.74) is 2.94. The third kappa shape index (κ3) is 2.98. The van der Waals surface area contributed by atoms with E-state index in [4.69, 9.17) is 4.74 Å². The van der Waals surface area contributed by atoms with E-state index in [-0.39, 0.29) is 12.0 Å². The van der Waals surface area contributed by atoms with E-state index in [1.54, 1.807) is 28.9 Å². The normalized spacial score (nSPS) is 16.2. The summed E-state index contributed by atoms with van der Waals surface area (Å²) in [6, 6.07) is 5.86. The first-order chi connectivity index (χ1) is 12.1. The molecule has 0 fully saturated rings. The van der Waals surface area contributed by atoms with Crippen LogP contribution in [0, 0.1) is 6.92 Å². The highest BCUT2D eigenvalue weighted by Gasteiger charge is 2.29. The van der Waals surface area contributed by atoms with E-state index in [1.807, 2.05) is 32.0 Å². The molecule has 0 radical (unpaired) electrons. The van der Waals surface area contributed by atoms with Crippen molar-refractivity contribution in [3.8, 4) is 16.5 Å². The number of rotatable bonds is 2. The molecule has 0 saturated heterocycles. The Balaban J connectivity index is 1.68. The zero-order valence-electron chi connectivity index (χ0n) is 13.8. The highest BCUT2D eigenvalue weighted by molar-refractivity contribution is 7.13. The van der Waals surface area contributed by atoms with Crippen LogP contribution in [0.1, 0.15) is 23.0 Å². The van der Waals surface area contributed by atoms with Crippen molar-refractivity contribution in [2.45, 2.75) is 20.0 Å². The van der Waals surface area contributed by atoms with Gasteiger partial charge in [0.1, 0.15) is 28.2 Å². The molecule has 3 heterocycles. The minimum Gasteiger partial charge on any atom is -0.487 e. The number of hydrogen-bond donors (Lipinski definition) is 0. The summed E-state index contributed by atoms with van der Waals surface area (Å²) in [5.74, 6) is 0.593. The molecule has 2 aromatic heterocycles. The number of carbonyl (C=O) groups excluding carboxylic acids is 1. The fourth-order valence-corrected chi connectivity index (χ4v) is 3.53. The van der Waals surface area contributed by atoms with E-state index in [1.165, 1.54) is 11.3 Å². The third-order valence-electron chi connectivity index (χ3n) is 3.92. The average molecular weight is 352 g/mol. The number of anilines is 1. The maximum atomic E-state index is 13.0. The van der Waals surface area contributed by atoms with Gasteiger partial charge in [0.05, 0.1) is 18.4 Å². The Morgan fingerprint density at radius 2 is 2.24 bits per heavy atom. The highest BCUT2D eigenvalue weighted by atomic mass is 32.1. The second kappa shape index (κ2) is 6.25.